The maximum atomic E-state index is 14.0. The topological polar surface area (TPSA) is 65.7 Å². The second kappa shape index (κ2) is 12.2. The number of aryl methyl sites for hydroxylation is 1. The highest BCUT2D eigenvalue weighted by molar-refractivity contribution is 9.10. The Balaban J connectivity index is 1.73. The van der Waals surface area contributed by atoms with Crippen LogP contribution in [0.1, 0.15) is 36.7 Å². The molecule has 0 aliphatic rings. The molecule has 6 nitrogen and oxygen atoms in total. The van der Waals surface area contributed by atoms with Crippen molar-refractivity contribution < 1.29 is 13.9 Å². The summed E-state index contributed by atoms with van der Waals surface area (Å²) in [5.74, 6) is 0.789. The van der Waals surface area contributed by atoms with Gasteiger partial charge in [0.15, 0.2) is 11.5 Å². The first kappa shape index (κ1) is 27.3. The maximum Gasteiger partial charge on any atom is 0.282 e. The minimum atomic E-state index is -0.374. The quantitative estimate of drug-likeness (QED) is 0.176. The van der Waals surface area contributed by atoms with Gasteiger partial charge in [-0.3, -0.25) is 4.79 Å². The van der Waals surface area contributed by atoms with Gasteiger partial charge in [-0.25, -0.2) is 9.37 Å². The van der Waals surface area contributed by atoms with Gasteiger partial charge in [-0.2, -0.15) is 9.78 Å². The molecule has 192 valence electrons. The van der Waals surface area contributed by atoms with E-state index in [1.54, 1.807) is 30.3 Å². The van der Waals surface area contributed by atoms with Gasteiger partial charge in [-0.05, 0) is 52.7 Å². The van der Waals surface area contributed by atoms with Crippen LogP contribution >= 0.6 is 43.5 Å². The van der Waals surface area contributed by atoms with Gasteiger partial charge in [-0.1, -0.05) is 59.1 Å². The van der Waals surface area contributed by atoms with Crippen LogP contribution in [0.15, 0.2) is 67.4 Å². The van der Waals surface area contributed by atoms with Crippen molar-refractivity contribution in [3.63, 3.8) is 0 Å². The van der Waals surface area contributed by atoms with Crippen LogP contribution in [-0.4, -0.2) is 23.0 Å². The molecule has 1 aromatic heterocycles. The third kappa shape index (κ3) is 6.05. The third-order valence-electron chi connectivity index (χ3n) is 5.65. The predicted molar refractivity (Wildman–Crippen MR) is 152 cm³/mol. The standard InChI is InChI=1S/C27H23Br2ClFN3O3/c1-3-4-9-23-33-21-11-10-18(28)13-19(21)27(35)34(23)32-14-17-12-22(36-2)26(25(30)24(17)29)37-15-16-7-5-6-8-20(16)31/h5-8,10-14H,3-4,9,15H2,1-2H3. The van der Waals surface area contributed by atoms with Gasteiger partial charge in [0.1, 0.15) is 23.3 Å². The summed E-state index contributed by atoms with van der Waals surface area (Å²) in [6.07, 6.45) is 3.93. The number of benzene rings is 3. The fourth-order valence-electron chi connectivity index (χ4n) is 3.68. The van der Waals surface area contributed by atoms with Crippen LogP contribution in [0.4, 0.5) is 4.39 Å². The minimum absolute atomic E-state index is 0.0306. The normalized spacial score (nSPS) is 11.4. The van der Waals surface area contributed by atoms with E-state index in [9.17, 15) is 9.18 Å². The summed E-state index contributed by atoms with van der Waals surface area (Å²) in [4.78, 5) is 18.0. The smallest absolute Gasteiger partial charge is 0.282 e. The van der Waals surface area contributed by atoms with E-state index < -0.39 is 0 Å². The predicted octanol–water partition coefficient (Wildman–Crippen LogP) is 7.53. The molecule has 0 spiro atoms. The molecule has 4 rings (SSSR count). The molecule has 0 aliphatic heterocycles. The number of unbranched alkanes of at least 4 members (excludes halogenated alkanes) is 1. The molecule has 0 saturated heterocycles. The van der Waals surface area contributed by atoms with Gasteiger partial charge in [0, 0.05) is 26.5 Å². The number of hydrogen-bond donors (Lipinski definition) is 0. The monoisotopic (exact) mass is 649 g/mol. The second-order valence-corrected chi connectivity index (χ2v) is 10.2. The van der Waals surface area contributed by atoms with Crippen molar-refractivity contribution in [2.75, 3.05) is 7.11 Å². The maximum absolute atomic E-state index is 14.0. The Labute approximate surface area is 235 Å². The van der Waals surface area contributed by atoms with Gasteiger partial charge in [0.2, 0.25) is 0 Å². The van der Waals surface area contributed by atoms with Crippen LogP contribution in [0, 0.1) is 5.82 Å². The number of methoxy groups -OCH3 is 1. The number of fused-ring (bicyclic) bond motifs is 1. The van der Waals surface area contributed by atoms with Crippen molar-refractivity contribution in [2.24, 2.45) is 5.10 Å². The number of ether oxygens (including phenoxy) is 2. The summed E-state index contributed by atoms with van der Waals surface area (Å²) in [5, 5.41) is 5.18. The largest absolute Gasteiger partial charge is 0.493 e. The third-order valence-corrected chi connectivity index (χ3v) is 7.58. The molecule has 0 unspecified atom stereocenters. The van der Waals surface area contributed by atoms with Gasteiger partial charge in [-0.15, -0.1) is 0 Å². The summed E-state index contributed by atoms with van der Waals surface area (Å²) in [6.45, 7) is 2.04. The Morgan fingerprint density at radius 2 is 1.97 bits per heavy atom. The summed E-state index contributed by atoms with van der Waals surface area (Å²) >= 11 is 13.5. The van der Waals surface area contributed by atoms with Crippen LogP contribution in [0.5, 0.6) is 11.5 Å². The first-order valence-electron chi connectivity index (χ1n) is 11.5. The lowest BCUT2D eigenvalue weighted by Gasteiger charge is -2.15. The van der Waals surface area contributed by atoms with Crippen molar-refractivity contribution in [1.29, 1.82) is 0 Å². The summed E-state index contributed by atoms with van der Waals surface area (Å²) in [6, 6.07) is 13.4. The van der Waals surface area contributed by atoms with Gasteiger partial charge in [0.05, 0.1) is 24.2 Å². The van der Waals surface area contributed by atoms with Crippen molar-refractivity contribution in [3.8, 4) is 11.5 Å². The van der Waals surface area contributed by atoms with E-state index in [1.165, 1.54) is 24.1 Å². The highest BCUT2D eigenvalue weighted by atomic mass is 79.9. The second-order valence-electron chi connectivity index (χ2n) is 8.16. The fraction of sp³-hybridized carbons (Fsp3) is 0.222. The zero-order chi connectivity index (χ0) is 26.5. The molecule has 37 heavy (non-hydrogen) atoms. The van der Waals surface area contributed by atoms with Crippen molar-refractivity contribution in [2.45, 2.75) is 32.8 Å². The van der Waals surface area contributed by atoms with Crippen LogP contribution in [0.2, 0.25) is 5.02 Å². The Morgan fingerprint density at radius 3 is 2.70 bits per heavy atom. The van der Waals surface area contributed by atoms with Gasteiger partial charge < -0.3 is 9.47 Å². The van der Waals surface area contributed by atoms with Crippen molar-refractivity contribution in [1.82, 2.24) is 9.66 Å². The van der Waals surface area contributed by atoms with Crippen molar-refractivity contribution >= 4 is 60.6 Å². The van der Waals surface area contributed by atoms with Crippen LogP contribution < -0.4 is 15.0 Å². The zero-order valence-electron chi connectivity index (χ0n) is 20.1. The number of hydrogen-bond acceptors (Lipinski definition) is 5. The molecule has 10 heteroatoms. The first-order chi connectivity index (χ1) is 17.8. The van der Waals surface area contributed by atoms with E-state index in [0.717, 1.165) is 17.3 Å². The average molecular weight is 652 g/mol. The Bertz CT molecular complexity index is 1540. The number of nitrogens with zero attached hydrogens (tertiary/aromatic N) is 3. The zero-order valence-corrected chi connectivity index (χ0v) is 24.0. The minimum Gasteiger partial charge on any atom is -0.493 e. The number of halogens is 4. The molecule has 0 bridgehead atoms. The molecule has 0 aliphatic carbocycles. The highest BCUT2D eigenvalue weighted by Crippen LogP contribution is 2.42. The van der Waals surface area contributed by atoms with E-state index in [4.69, 9.17) is 26.1 Å². The molecule has 0 radical (unpaired) electrons. The average Bonchev–Trinajstić information content (AvgIpc) is 2.89. The van der Waals surface area contributed by atoms with Crippen LogP contribution in [0.3, 0.4) is 0 Å². The highest BCUT2D eigenvalue weighted by Gasteiger charge is 2.18. The first-order valence-corrected chi connectivity index (χ1v) is 13.5. The van der Waals surface area contributed by atoms with E-state index in [0.29, 0.717) is 44.5 Å². The lowest BCUT2D eigenvalue weighted by molar-refractivity contribution is 0.279. The number of rotatable bonds is 9. The molecule has 0 saturated carbocycles. The number of aromatic nitrogens is 2. The van der Waals surface area contributed by atoms with Gasteiger partial charge >= 0.3 is 0 Å². The lowest BCUT2D eigenvalue weighted by atomic mass is 10.2. The summed E-state index contributed by atoms with van der Waals surface area (Å²) in [5.41, 5.74) is 1.29. The van der Waals surface area contributed by atoms with Gasteiger partial charge in [0.25, 0.3) is 5.56 Å². The molecule has 4 aromatic rings. The molecule has 0 fully saturated rings. The Hall–Kier alpha value is -2.75. The molecule has 3 aromatic carbocycles. The molecule has 0 atom stereocenters. The molecule has 0 N–H and O–H groups in total. The van der Waals surface area contributed by atoms with E-state index in [-0.39, 0.29) is 28.8 Å². The van der Waals surface area contributed by atoms with E-state index in [1.807, 2.05) is 12.1 Å². The van der Waals surface area contributed by atoms with Crippen molar-refractivity contribution in [3.05, 3.63) is 95.6 Å². The molecule has 1 heterocycles. The Kier molecular flexibility index (Phi) is 9.00. The molecular weight excluding hydrogens is 629 g/mol. The Morgan fingerprint density at radius 1 is 1.19 bits per heavy atom. The van der Waals surface area contributed by atoms with Crippen LogP contribution in [0.25, 0.3) is 10.9 Å². The van der Waals surface area contributed by atoms with E-state index in [2.05, 4.69) is 43.9 Å². The lowest BCUT2D eigenvalue weighted by Crippen LogP contribution is -2.22. The van der Waals surface area contributed by atoms with E-state index >= 15 is 0 Å². The SMILES string of the molecule is CCCCc1nc2ccc(Br)cc2c(=O)n1N=Cc1cc(OC)c(OCc2ccccc2F)c(Cl)c1Br. The summed E-state index contributed by atoms with van der Waals surface area (Å²) in [7, 11) is 1.48. The fourth-order valence-corrected chi connectivity index (χ4v) is 4.70. The summed E-state index contributed by atoms with van der Waals surface area (Å²) < 4.78 is 27.9. The molecule has 0 amide bonds. The van der Waals surface area contributed by atoms with Crippen LogP contribution in [-0.2, 0) is 13.0 Å². The molecular formula is C27H23Br2ClFN3O3.